The predicted molar refractivity (Wildman–Crippen MR) is 74.1 cm³/mol. The number of aliphatic hydroxyl groups excluding tert-OH is 1. The Labute approximate surface area is 118 Å². The second-order valence-electron chi connectivity index (χ2n) is 4.74. The number of hydrogen-bond acceptors (Lipinski definition) is 5. The van der Waals surface area contributed by atoms with E-state index in [0.717, 1.165) is 13.1 Å². The Hall–Kier alpha value is -1.79. The quantitative estimate of drug-likeness (QED) is 0.821. The monoisotopic (exact) mass is 280 g/mol. The summed E-state index contributed by atoms with van der Waals surface area (Å²) < 4.78 is 4.96. The highest BCUT2D eigenvalue weighted by Gasteiger charge is 2.22. The zero-order valence-electron chi connectivity index (χ0n) is 11.6. The maximum absolute atomic E-state index is 12.3. The van der Waals surface area contributed by atoms with Crippen molar-refractivity contribution in [1.29, 1.82) is 0 Å². The summed E-state index contributed by atoms with van der Waals surface area (Å²) in [5.74, 6) is 0.234. The van der Waals surface area contributed by atoms with Crippen LogP contribution in [0.5, 0.6) is 11.5 Å². The van der Waals surface area contributed by atoms with Crippen LogP contribution in [0.2, 0.25) is 0 Å². The van der Waals surface area contributed by atoms with Gasteiger partial charge in [0.2, 0.25) is 0 Å². The molecule has 20 heavy (non-hydrogen) atoms. The minimum Gasteiger partial charge on any atom is -0.504 e. The molecule has 1 amide bonds. The summed E-state index contributed by atoms with van der Waals surface area (Å²) in [4.78, 5) is 16.2. The standard InChI is InChI=1S/C14H20N2O4/c1-20-13-3-2-11(10-12(13)18)14(19)16-6-4-15(5-7-16)8-9-17/h2-3,10,17-18H,4-9H2,1H3. The highest BCUT2D eigenvalue weighted by atomic mass is 16.5. The summed E-state index contributed by atoms with van der Waals surface area (Å²) in [5.41, 5.74) is 0.457. The van der Waals surface area contributed by atoms with Crippen LogP contribution in [-0.2, 0) is 0 Å². The fourth-order valence-corrected chi connectivity index (χ4v) is 2.32. The van der Waals surface area contributed by atoms with Gasteiger partial charge in [0, 0.05) is 38.3 Å². The van der Waals surface area contributed by atoms with Crippen molar-refractivity contribution in [2.45, 2.75) is 0 Å². The third-order valence-corrected chi connectivity index (χ3v) is 3.50. The summed E-state index contributed by atoms with van der Waals surface area (Å²) in [7, 11) is 1.47. The normalized spacial score (nSPS) is 16.2. The first-order valence-electron chi connectivity index (χ1n) is 6.65. The van der Waals surface area contributed by atoms with Crippen molar-refractivity contribution in [2.24, 2.45) is 0 Å². The molecule has 0 unspecified atom stereocenters. The number of carbonyl (C=O) groups is 1. The van der Waals surface area contributed by atoms with Gasteiger partial charge in [-0.15, -0.1) is 0 Å². The lowest BCUT2D eigenvalue weighted by atomic mass is 10.1. The number of ether oxygens (including phenoxy) is 1. The van der Waals surface area contributed by atoms with E-state index in [2.05, 4.69) is 4.90 Å². The molecule has 1 aromatic rings. The maximum atomic E-state index is 12.3. The number of phenolic OH excluding ortho intramolecular Hbond substituents is 1. The molecule has 0 atom stereocenters. The van der Waals surface area contributed by atoms with Crippen LogP contribution < -0.4 is 4.74 Å². The number of aromatic hydroxyl groups is 1. The number of benzene rings is 1. The minimum atomic E-state index is -0.0911. The first kappa shape index (κ1) is 14.6. The Kier molecular flexibility index (Phi) is 4.81. The van der Waals surface area contributed by atoms with Gasteiger partial charge in [-0.2, -0.15) is 0 Å². The number of hydrogen-bond donors (Lipinski definition) is 2. The minimum absolute atomic E-state index is 0.0303. The van der Waals surface area contributed by atoms with Crippen molar-refractivity contribution in [2.75, 3.05) is 46.4 Å². The van der Waals surface area contributed by atoms with E-state index in [0.29, 0.717) is 30.9 Å². The number of β-amino-alcohol motifs (C(OH)–C–C–N with tert-alkyl or cyclic N) is 1. The molecule has 1 fully saturated rings. The number of phenols is 1. The number of carbonyl (C=O) groups excluding carboxylic acids is 1. The van der Waals surface area contributed by atoms with Gasteiger partial charge in [-0.3, -0.25) is 9.69 Å². The molecule has 0 bridgehead atoms. The van der Waals surface area contributed by atoms with E-state index in [4.69, 9.17) is 9.84 Å². The highest BCUT2D eigenvalue weighted by Crippen LogP contribution is 2.26. The van der Waals surface area contributed by atoms with Gasteiger partial charge in [0.1, 0.15) is 0 Å². The largest absolute Gasteiger partial charge is 0.504 e. The number of methoxy groups -OCH3 is 1. The third kappa shape index (κ3) is 3.20. The second-order valence-corrected chi connectivity index (χ2v) is 4.74. The average molecular weight is 280 g/mol. The van der Waals surface area contributed by atoms with Crippen molar-refractivity contribution in [1.82, 2.24) is 9.80 Å². The van der Waals surface area contributed by atoms with Crippen molar-refractivity contribution < 1.29 is 19.7 Å². The number of nitrogens with zero attached hydrogens (tertiary/aromatic N) is 2. The average Bonchev–Trinajstić information content (AvgIpc) is 2.47. The van der Waals surface area contributed by atoms with Crippen molar-refractivity contribution in [3.63, 3.8) is 0 Å². The molecular weight excluding hydrogens is 260 g/mol. The number of rotatable bonds is 4. The van der Waals surface area contributed by atoms with Gasteiger partial charge in [0.25, 0.3) is 5.91 Å². The molecule has 1 aliphatic heterocycles. The SMILES string of the molecule is COc1ccc(C(=O)N2CCN(CCO)CC2)cc1O. The zero-order chi connectivity index (χ0) is 14.5. The second kappa shape index (κ2) is 6.58. The van der Waals surface area contributed by atoms with Crippen LogP contribution in [0.3, 0.4) is 0 Å². The lowest BCUT2D eigenvalue weighted by Gasteiger charge is -2.34. The number of amides is 1. The van der Waals surface area contributed by atoms with E-state index < -0.39 is 0 Å². The molecule has 1 saturated heterocycles. The van der Waals surface area contributed by atoms with E-state index in [9.17, 15) is 9.90 Å². The molecule has 0 aromatic heterocycles. The maximum Gasteiger partial charge on any atom is 0.254 e. The Bertz CT molecular complexity index is 470. The third-order valence-electron chi connectivity index (χ3n) is 3.50. The van der Waals surface area contributed by atoms with E-state index in [1.807, 2.05) is 0 Å². The van der Waals surface area contributed by atoms with E-state index in [-0.39, 0.29) is 18.3 Å². The molecular formula is C14H20N2O4. The van der Waals surface area contributed by atoms with Crippen LogP contribution >= 0.6 is 0 Å². The first-order chi connectivity index (χ1) is 9.65. The van der Waals surface area contributed by atoms with Crippen LogP contribution in [0, 0.1) is 0 Å². The van der Waals surface area contributed by atoms with Crippen molar-refractivity contribution in [3.8, 4) is 11.5 Å². The molecule has 1 aliphatic rings. The van der Waals surface area contributed by atoms with Crippen LogP contribution in [0.15, 0.2) is 18.2 Å². The molecule has 6 heteroatoms. The smallest absolute Gasteiger partial charge is 0.254 e. The van der Waals surface area contributed by atoms with Crippen LogP contribution in [0.4, 0.5) is 0 Å². The Morgan fingerprint density at radius 3 is 2.55 bits per heavy atom. The van der Waals surface area contributed by atoms with Gasteiger partial charge in [0.15, 0.2) is 11.5 Å². The van der Waals surface area contributed by atoms with Crippen LogP contribution in [0.1, 0.15) is 10.4 Å². The fraction of sp³-hybridized carbons (Fsp3) is 0.500. The van der Waals surface area contributed by atoms with Gasteiger partial charge in [-0.25, -0.2) is 0 Å². The predicted octanol–water partition coefficient (Wildman–Crippen LogP) is 0.151. The van der Waals surface area contributed by atoms with Gasteiger partial charge in [-0.1, -0.05) is 0 Å². The summed E-state index contributed by atoms with van der Waals surface area (Å²) >= 11 is 0. The summed E-state index contributed by atoms with van der Waals surface area (Å²) in [5, 5.41) is 18.6. The van der Waals surface area contributed by atoms with E-state index in [1.165, 1.54) is 13.2 Å². The molecule has 2 N–H and O–H groups in total. The lowest BCUT2D eigenvalue weighted by molar-refractivity contribution is 0.0614. The van der Waals surface area contributed by atoms with Gasteiger partial charge < -0.3 is 19.8 Å². The van der Waals surface area contributed by atoms with Crippen LogP contribution in [-0.4, -0.2) is 72.4 Å². The van der Waals surface area contributed by atoms with Crippen molar-refractivity contribution >= 4 is 5.91 Å². The molecule has 2 rings (SSSR count). The summed E-state index contributed by atoms with van der Waals surface area (Å²) in [6.45, 7) is 3.56. The molecule has 0 aliphatic carbocycles. The topological polar surface area (TPSA) is 73.2 Å². The number of aliphatic hydroxyl groups is 1. The van der Waals surface area contributed by atoms with Gasteiger partial charge in [-0.05, 0) is 18.2 Å². The van der Waals surface area contributed by atoms with E-state index >= 15 is 0 Å². The first-order valence-corrected chi connectivity index (χ1v) is 6.65. The fourth-order valence-electron chi connectivity index (χ4n) is 2.32. The molecule has 110 valence electrons. The molecule has 0 radical (unpaired) electrons. The Balaban J connectivity index is 2.00. The van der Waals surface area contributed by atoms with Gasteiger partial charge in [0.05, 0.1) is 13.7 Å². The van der Waals surface area contributed by atoms with Gasteiger partial charge >= 0.3 is 0 Å². The molecule has 1 heterocycles. The molecule has 1 aromatic carbocycles. The highest BCUT2D eigenvalue weighted by molar-refractivity contribution is 5.95. The Morgan fingerprint density at radius 2 is 2.00 bits per heavy atom. The van der Waals surface area contributed by atoms with E-state index in [1.54, 1.807) is 17.0 Å². The molecule has 0 saturated carbocycles. The van der Waals surface area contributed by atoms with Crippen LogP contribution in [0.25, 0.3) is 0 Å². The summed E-state index contributed by atoms with van der Waals surface area (Å²) in [6, 6.07) is 4.67. The number of piperazine rings is 1. The molecule has 0 spiro atoms. The summed E-state index contributed by atoms with van der Waals surface area (Å²) in [6.07, 6.45) is 0. The van der Waals surface area contributed by atoms with Crippen molar-refractivity contribution in [3.05, 3.63) is 23.8 Å². The zero-order valence-corrected chi connectivity index (χ0v) is 11.6. The lowest BCUT2D eigenvalue weighted by Crippen LogP contribution is -2.49. The molecule has 6 nitrogen and oxygen atoms in total. The Morgan fingerprint density at radius 1 is 1.30 bits per heavy atom.